The summed E-state index contributed by atoms with van der Waals surface area (Å²) in [5, 5.41) is 9.21. The first-order valence-corrected chi connectivity index (χ1v) is 5.75. The summed E-state index contributed by atoms with van der Waals surface area (Å²) in [6.45, 7) is 4.17. The lowest BCUT2D eigenvalue weighted by Gasteiger charge is -2.12. The van der Waals surface area contributed by atoms with Crippen molar-refractivity contribution in [2.75, 3.05) is 5.73 Å². The molecule has 0 radical (unpaired) electrons. The van der Waals surface area contributed by atoms with Crippen molar-refractivity contribution in [2.24, 2.45) is 0 Å². The van der Waals surface area contributed by atoms with Crippen molar-refractivity contribution in [1.82, 2.24) is 15.5 Å². The molecule has 1 atom stereocenters. The van der Waals surface area contributed by atoms with E-state index in [1.807, 2.05) is 6.92 Å². The maximum Gasteiger partial charge on any atom is 0.269 e. The molecular formula is C11H20N4O. The van der Waals surface area contributed by atoms with Crippen LogP contribution in [0.4, 0.5) is 5.82 Å². The maximum absolute atomic E-state index is 11.7. The molecule has 0 spiro atoms. The number of nitrogens with one attached hydrogen (secondary N) is 2. The smallest absolute Gasteiger partial charge is 0.269 e. The van der Waals surface area contributed by atoms with E-state index in [4.69, 9.17) is 5.73 Å². The normalized spacial score (nSPS) is 12.4. The van der Waals surface area contributed by atoms with Crippen LogP contribution in [-0.4, -0.2) is 22.1 Å². The number of unbranched alkanes of at least 4 members (excludes halogenated alkanes) is 2. The second kappa shape index (κ2) is 6.15. The zero-order chi connectivity index (χ0) is 12.0. The first-order chi connectivity index (χ1) is 7.63. The largest absolute Gasteiger partial charge is 0.382 e. The zero-order valence-electron chi connectivity index (χ0n) is 9.92. The monoisotopic (exact) mass is 224 g/mol. The fourth-order valence-corrected chi connectivity index (χ4v) is 1.53. The zero-order valence-corrected chi connectivity index (χ0v) is 9.92. The van der Waals surface area contributed by atoms with Crippen LogP contribution in [-0.2, 0) is 0 Å². The summed E-state index contributed by atoms with van der Waals surface area (Å²) in [6.07, 6.45) is 4.54. The molecule has 0 aliphatic heterocycles. The first kappa shape index (κ1) is 12.5. The van der Waals surface area contributed by atoms with Gasteiger partial charge in [0, 0.05) is 12.1 Å². The van der Waals surface area contributed by atoms with Gasteiger partial charge in [0.25, 0.3) is 5.91 Å². The second-order valence-electron chi connectivity index (χ2n) is 4.08. The topological polar surface area (TPSA) is 83.8 Å². The van der Waals surface area contributed by atoms with Crippen LogP contribution in [0.5, 0.6) is 0 Å². The molecule has 1 aromatic rings. The van der Waals surface area contributed by atoms with E-state index in [0.717, 1.165) is 12.8 Å². The molecule has 1 aromatic heterocycles. The molecule has 0 aliphatic carbocycles. The quantitative estimate of drug-likeness (QED) is 0.643. The molecule has 16 heavy (non-hydrogen) atoms. The number of hydrogen-bond donors (Lipinski definition) is 3. The Kier molecular flexibility index (Phi) is 4.82. The molecule has 0 fully saturated rings. The van der Waals surface area contributed by atoms with Crippen molar-refractivity contribution < 1.29 is 4.79 Å². The molecule has 0 saturated heterocycles. The Balaban J connectivity index is 2.33. The molecule has 0 bridgehead atoms. The molecule has 4 N–H and O–H groups in total. The highest BCUT2D eigenvalue weighted by Gasteiger charge is 2.11. The summed E-state index contributed by atoms with van der Waals surface area (Å²) >= 11 is 0. The summed E-state index contributed by atoms with van der Waals surface area (Å²) < 4.78 is 0. The van der Waals surface area contributed by atoms with Crippen LogP contribution in [0, 0.1) is 0 Å². The molecule has 1 heterocycles. The van der Waals surface area contributed by atoms with Crippen molar-refractivity contribution in [3.63, 3.8) is 0 Å². The number of amides is 1. The predicted octanol–water partition coefficient (Wildman–Crippen LogP) is 1.69. The molecule has 1 rings (SSSR count). The summed E-state index contributed by atoms with van der Waals surface area (Å²) in [6, 6.07) is 1.72. The average Bonchev–Trinajstić information content (AvgIpc) is 2.65. The fourth-order valence-electron chi connectivity index (χ4n) is 1.53. The summed E-state index contributed by atoms with van der Waals surface area (Å²) in [5.41, 5.74) is 5.84. The molecule has 5 nitrogen and oxygen atoms in total. The van der Waals surface area contributed by atoms with Gasteiger partial charge in [-0.15, -0.1) is 0 Å². The Labute approximate surface area is 95.8 Å². The SMILES string of the molecule is CCCCCC(C)NC(=O)c1cc(N)n[nH]1. The minimum Gasteiger partial charge on any atom is -0.382 e. The highest BCUT2D eigenvalue weighted by atomic mass is 16.2. The summed E-state index contributed by atoms with van der Waals surface area (Å²) in [4.78, 5) is 11.7. The van der Waals surface area contributed by atoms with E-state index < -0.39 is 0 Å². The third-order valence-corrected chi connectivity index (χ3v) is 2.46. The van der Waals surface area contributed by atoms with Crippen molar-refractivity contribution in [3.05, 3.63) is 11.8 Å². The van der Waals surface area contributed by atoms with Crippen LogP contribution in [0.15, 0.2) is 6.07 Å². The van der Waals surface area contributed by atoms with Crippen LogP contribution >= 0.6 is 0 Å². The van der Waals surface area contributed by atoms with Gasteiger partial charge in [0.05, 0.1) is 0 Å². The Morgan fingerprint density at radius 3 is 2.94 bits per heavy atom. The predicted molar refractivity (Wildman–Crippen MR) is 64.1 cm³/mol. The van der Waals surface area contributed by atoms with Gasteiger partial charge in [-0.05, 0) is 13.3 Å². The lowest BCUT2D eigenvalue weighted by atomic mass is 10.1. The Bertz CT molecular complexity index is 334. The summed E-state index contributed by atoms with van der Waals surface area (Å²) in [7, 11) is 0. The van der Waals surface area contributed by atoms with Crippen molar-refractivity contribution in [1.29, 1.82) is 0 Å². The van der Waals surface area contributed by atoms with E-state index in [9.17, 15) is 4.79 Å². The number of nitrogen functional groups attached to an aromatic ring is 1. The number of nitrogens with two attached hydrogens (primary N) is 1. The summed E-state index contributed by atoms with van der Waals surface area (Å²) in [5.74, 6) is 0.192. The van der Waals surface area contributed by atoms with E-state index in [2.05, 4.69) is 22.4 Å². The molecule has 1 unspecified atom stereocenters. The van der Waals surface area contributed by atoms with Crippen molar-refractivity contribution in [3.8, 4) is 0 Å². The molecule has 0 aliphatic rings. The minimum atomic E-state index is -0.145. The third-order valence-electron chi connectivity index (χ3n) is 2.46. The van der Waals surface area contributed by atoms with E-state index >= 15 is 0 Å². The van der Waals surface area contributed by atoms with E-state index in [1.165, 1.54) is 18.9 Å². The Morgan fingerprint density at radius 2 is 2.38 bits per heavy atom. The molecule has 0 aromatic carbocycles. The first-order valence-electron chi connectivity index (χ1n) is 5.75. The lowest BCUT2D eigenvalue weighted by Crippen LogP contribution is -2.32. The van der Waals surface area contributed by atoms with Crippen LogP contribution < -0.4 is 11.1 Å². The second-order valence-corrected chi connectivity index (χ2v) is 4.08. The van der Waals surface area contributed by atoms with Crippen molar-refractivity contribution in [2.45, 2.75) is 45.6 Å². The van der Waals surface area contributed by atoms with Gasteiger partial charge in [-0.25, -0.2) is 0 Å². The molecule has 90 valence electrons. The van der Waals surface area contributed by atoms with Gasteiger partial charge in [-0.2, -0.15) is 5.10 Å². The lowest BCUT2D eigenvalue weighted by molar-refractivity contribution is 0.0933. The number of anilines is 1. The highest BCUT2D eigenvalue weighted by Crippen LogP contribution is 2.05. The number of nitrogens with zero attached hydrogens (tertiary/aromatic N) is 1. The number of aromatic nitrogens is 2. The van der Waals surface area contributed by atoms with E-state index in [0.29, 0.717) is 11.5 Å². The number of H-pyrrole nitrogens is 1. The van der Waals surface area contributed by atoms with E-state index in [-0.39, 0.29) is 11.9 Å². The van der Waals surface area contributed by atoms with Gasteiger partial charge < -0.3 is 11.1 Å². The van der Waals surface area contributed by atoms with Gasteiger partial charge in [0.15, 0.2) is 0 Å². The number of hydrogen-bond acceptors (Lipinski definition) is 3. The Morgan fingerprint density at radius 1 is 1.62 bits per heavy atom. The fraction of sp³-hybridized carbons (Fsp3) is 0.636. The van der Waals surface area contributed by atoms with Gasteiger partial charge in [0.2, 0.25) is 0 Å². The minimum absolute atomic E-state index is 0.145. The van der Waals surface area contributed by atoms with Gasteiger partial charge in [0.1, 0.15) is 11.5 Å². The van der Waals surface area contributed by atoms with Crippen LogP contribution in [0.3, 0.4) is 0 Å². The number of carbonyl (C=O) groups is 1. The Hall–Kier alpha value is -1.52. The molecule has 5 heteroatoms. The van der Waals surface area contributed by atoms with Gasteiger partial charge in [-0.1, -0.05) is 26.2 Å². The van der Waals surface area contributed by atoms with Crippen LogP contribution in [0.1, 0.15) is 50.0 Å². The van der Waals surface area contributed by atoms with Crippen molar-refractivity contribution >= 4 is 11.7 Å². The number of aromatic amines is 1. The number of carbonyl (C=O) groups excluding carboxylic acids is 1. The average molecular weight is 224 g/mol. The number of rotatable bonds is 6. The van der Waals surface area contributed by atoms with Crippen LogP contribution in [0.25, 0.3) is 0 Å². The maximum atomic E-state index is 11.7. The molecule has 0 saturated carbocycles. The van der Waals surface area contributed by atoms with E-state index in [1.54, 1.807) is 0 Å². The highest BCUT2D eigenvalue weighted by molar-refractivity contribution is 5.93. The van der Waals surface area contributed by atoms with Gasteiger partial charge >= 0.3 is 0 Å². The molecular weight excluding hydrogens is 204 g/mol. The third kappa shape index (κ3) is 3.92. The van der Waals surface area contributed by atoms with Gasteiger partial charge in [-0.3, -0.25) is 9.89 Å². The van der Waals surface area contributed by atoms with Crippen LogP contribution in [0.2, 0.25) is 0 Å². The molecule has 1 amide bonds. The standard InChI is InChI=1S/C11H20N4O/c1-3-4-5-6-8(2)13-11(16)9-7-10(12)15-14-9/h7-8H,3-6H2,1-2H3,(H,13,16)(H3,12,14,15).